The van der Waals surface area contributed by atoms with Crippen molar-refractivity contribution in [1.29, 1.82) is 5.26 Å². The Bertz CT molecular complexity index is 648. The molecule has 0 saturated heterocycles. The first-order valence-electron chi connectivity index (χ1n) is 6.47. The maximum absolute atomic E-state index is 9.83. The van der Waals surface area contributed by atoms with E-state index >= 15 is 0 Å². The minimum atomic E-state index is -0.587. The highest BCUT2D eigenvalue weighted by Gasteiger charge is 2.26. The second-order valence-electron chi connectivity index (χ2n) is 5.02. The molecule has 1 aliphatic carbocycles. The lowest BCUT2D eigenvalue weighted by molar-refractivity contribution is 0.199. The topological polar surface area (TPSA) is 61.8 Å². The van der Waals surface area contributed by atoms with Crippen LogP contribution < -0.4 is 0 Å². The molecule has 0 unspecified atom stereocenters. The van der Waals surface area contributed by atoms with Gasteiger partial charge in [0.15, 0.2) is 0 Å². The average Bonchev–Trinajstić information content (AvgIpc) is 3.15. The molecule has 1 saturated carbocycles. The Morgan fingerprint density at radius 2 is 2.21 bits per heavy atom. The Morgan fingerprint density at radius 3 is 2.84 bits per heavy atom. The van der Waals surface area contributed by atoms with Crippen LogP contribution in [-0.4, -0.2) is 14.9 Å². The summed E-state index contributed by atoms with van der Waals surface area (Å²) in [6.07, 6.45) is 3.73. The van der Waals surface area contributed by atoms with Crippen molar-refractivity contribution in [2.75, 3.05) is 0 Å². The van der Waals surface area contributed by atoms with E-state index in [1.807, 2.05) is 12.3 Å². The lowest BCUT2D eigenvalue weighted by Crippen LogP contribution is -2.04. The van der Waals surface area contributed by atoms with Gasteiger partial charge in [-0.25, -0.2) is 4.68 Å². The first-order valence-corrected chi connectivity index (χ1v) is 6.47. The van der Waals surface area contributed by atoms with Crippen molar-refractivity contribution in [2.45, 2.75) is 31.8 Å². The molecule has 2 aromatic rings. The highest BCUT2D eigenvalue weighted by atomic mass is 16.3. The van der Waals surface area contributed by atoms with E-state index in [1.165, 1.54) is 12.8 Å². The molecule has 96 valence electrons. The fraction of sp³-hybridized carbons (Fsp3) is 0.333. The zero-order valence-corrected chi connectivity index (χ0v) is 10.7. The molecule has 0 amide bonds. The van der Waals surface area contributed by atoms with Crippen LogP contribution in [0.3, 0.4) is 0 Å². The molecule has 1 N–H and O–H groups in total. The van der Waals surface area contributed by atoms with Crippen molar-refractivity contribution in [3.8, 4) is 11.8 Å². The van der Waals surface area contributed by atoms with Gasteiger partial charge in [0, 0.05) is 17.7 Å². The summed E-state index contributed by atoms with van der Waals surface area (Å²) in [7, 11) is 0. The second kappa shape index (κ2) is 4.52. The van der Waals surface area contributed by atoms with Gasteiger partial charge in [0.2, 0.25) is 0 Å². The zero-order chi connectivity index (χ0) is 13.4. The first kappa shape index (κ1) is 11.9. The van der Waals surface area contributed by atoms with Crippen LogP contribution in [0.2, 0.25) is 0 Å². The van der Waals surface area contributed by atoms with Gasteiger partial charge < -0.3 is 5.11 Å². The molecule has 4 nitrogen and oxygen atoms in total. The third kappa shape index (κ3) is 2.25. The van der Waals surface area contributed by atoms with E-state index in [-0.39, 0.29) is 0 Å². The van der Waals surface area contributed by atoms with Gasteiger partial charge >= 0.3 is 0 Å². The summed E-state index contributed by atoms with van der Waals surface area (Å²) < 4.78 is 1.76. The molecule has 3 rings (SSSR count). The predicted molar refractivity (Wildman–Crippen MR) is 70.9 cm³/mol. The molecule has 0 radical (unpaired) electrons. The normalized spacial score (nSPS) is 16.1. The van der Waals surface area contributed by atoms with Crippen LogP contribution >= 0.6 is 0 Å². The van der Waals surface area contributed by atoms with Gasteiger partial charge in [0.1, 0.15) is 0 Å². The number of hydrogen-bond acceptors (Lipinski definition) is 3. The van der Waals surface area contributed by atoms with Gasteiger partial charge in [-0.15, -0.1) is 0 Å². The van der Waals surface area contributed by atoms with E-state index < -0.39 is 6.10 Å². The van der Waals surface area contributed by atoms with Crippen molar-refractivity contribution in [2.24, 2.45) is 0 Å². The number of hydrogen-bond donors (Lipinski definition) is 1. The maximum Gasteiger partial charge on any atom is 0.0992 e. The van der Waals surface area contributed by atoms with Crippen LogP contribution in [0.5, 0.6) is 0 Å². The van der Waals surface area contributed by atoms with E-state index in [4.69, 9.17) is 5.26 Å². The molecule has 1 aliphatic rings. The number of rotatable bonds is 3. The largest absolute Gasteiger partial charge is 0.389 e. The zero-order valence-electron chi connectivity index (χ0n) is 10.7. The molecule has 0 bridgehead atoms. The van der Waals surface area contributed by atoms with Crippen molar-refractivity contribution in [1.82, 2.24) is 9.78 Å². The van der Waals surface area contributed by atoms with Gasteiger partial charge in [-0.3, -0.25) is 0 Å². The number of aliphatic hydroxyl groups is 1. The van der Waals surface area contributed by atoms with Crippen LogP contribution in [0.15, 0.2) is 30.5 Å². The quantitative estimate of drug-likeness (QED) is 0.914. The Hall–Kier alpha value is -2.12. The van der Waals surface area contributed by atoms with Crippen molar-refractivity contribution < 1.29 is 5.11 Å². The van der Waals surface area contributed by atoms with Crippen molar-refractivity contribution in [3.05, 3.63) is 47.3 Å². The monoisotopic (exact) mass is 253 g/mol. The fourth-order valence-electron chi connectivity index (χ4n) is 2.23. The number of aromatic nitrogens is 2. The van der Waals surface area contributed by atoms with E-state index in [0.717, 1.165) is 16.9 Å². The lowest BCUT2D eigenvalue weighted by atomic mass is 10.1. The summed E-state index contributed by atoms with van der Waals surface area (Å²) >= 11 is 0. The standard InChI is InChI=1S/C15H15N3O/c1-10(19)13-5-2-11(9-16)8-15(13)18-7-6-14(17-18)12-3-4-12/h2,5-8,10,12,19H,3-4H2,1H3/t10-/m1/s1. The predicted octanol–water partition coefficient (Wildman–Crippen LogP) is 2.67. The van der Waals surface area contributed by atoms with Crippen molar-refractivity contribution in [3.63, 3.8) is 0 Å². The third-order valence-electron chi connectivity index (χ3n) is 3.46. The molecule has 1 aromatic heterocycles. The summed E-state index contributed by atoms with van der Waals surface area (Å²) in [6.45, 7) is 1.72. The maximum atomic E-state index is 9.83. The summed E-state index contributed by atoms with van der Waals surface area (Å²) in [4.78, 5) is 0. The highest BCUT2D eigenvalue weighted by Crippen LogP contribution is 2.39. The van der Waals surface area contributed by atoms with E-state index in [2.05, 4.69) is 11.2 Å². The third-order valence-corrected chi connectivity index (χ3v) is 3.46. The SMILES string of the molecule is C[C@@H](O)c1ccc(C#N)cc1-n1ccc(C2CC2)n1. The number of aliphatic hydroxyl groups excluding tert-OH is 1. The van der Waals surface area contributed by atoms with Crippen LogP contribution in [0.4, 0.5) is 0 Å². The van der Waals surface area contributed by atoms with Gasteiger partial charge in [-0.2, -0.15) is 10.4 Å². The first-order chi connectivity index (χ1) is 9.19. The Balaban J connectivity index is 2.07. The fourth-order valence-corrected chi connectivity index (χ4v) is 2.23. The average molecular weight is 253 g/mol. The molecule has 1 aromatic carbocycles. The Kier molecular flexibility index (Phi) is 2.84. The van der Waals surface area contributed by atoms with Gasteiger partial charge in [-0.1, -0.05) is 6.07 Å². The molecule has 1 fully saturated rings. The summed E-state index contributed by atoms with van der Waals surface area (Å²) in [5, 5.41) is 23.4. The van der Waals surface area contributed by atoms with E-state index in [0.29, 0.717) is 11.5 Å². The van der Waals surface area contributed by atoms with Gasteiger partial charge in [-0.05, 0) is 38.0 Å². The molecule has 0 aliphatic heterocycles. The summed E-state index contributed by atoms with van der Waals surface area (Å²) in [5.74, 6) is 0.593. The molecule has 0 spiro atoms. The minimum Gasteiger partial charge on any atom is -0.389 e. The molecule has 4 heteroatoms. The second-order valence-corrected chi connectivity index (χ2v) is 5.02. The number of nitriles is 1. The highest BCUT2D eigenvalue weighted by molar-refractivity contribution is 5.48. The number of nitrogens with zero attached hydrogens (tertiary/aromatic N) is 3. The Morgan fingerprint density at radius 1 is 1.42 bits per heavy atom. The smallest absolute Gasteiger partial charge is 0.0992 e. The summed E-state index contributed by atoms with van der Waals surface area (Å²) in [6, 6.07) is 9.42. The van der Waals surface area contributed by atoms with Crippen LogP contribution in [0.25, 0.3) is 5.69 Å². The lowest BCUT2D eigenvalue weighted by Gasteiger charge is -2.12. The molecule has 1 heterocycles. The van der Waals surface area contributed by atoms with E-state index in [9.17, 15) is 5.11 Å². The van der Waals surface area contributed by atoms with Crippen LogP contribution in [0.1, 0.15) is 48.6 Å². The van der Waals surface area contributed by atoms with E-state index in [1.54, 1.807) is 29.8 Å². The van der Waals surface area contributed by atoms with Gasteiger partial charge in [0.25, 0.3) is 0 Å². The Labute approximate surface area is 111 Å². The van der Waals surface area contributed by atoms with Crippen LogP contribution in [0, 0.1) is 11.3 Å². The van der Waals surface area contributed by atoms with Crippen LogP contribution in [-0.2, 0) is 0 Å². The van der Waals surface area contributed by atoms with Gasteiger partial charge in [0.05, 0.1) is 29.1 Å². The molecule has 1 atom stereocenters. The van der Waals surface area contributed by atoms with Crippen molar-refractivity contribution >= 4 is 0 Å². The molecule has 19 heavy (non-hydrogen) atoms. The number of benzene rings is 1. The summed E-state index contributed by atoms with van der Waals surface area (Å²) in [5.41, 5.74) is 3.23. The molecular weight excluding hydrogens is 238 g/mol. The molecular formula is C15H15N3O. The minimum absolute atomic E-state index is 0.572.